The van der Waals surface area contributed by atoms with Gasteiger partial charge in [0.15, 0.2) is 0 Å². The Morgan fingerprint density at radius 3 is 2.47 bits per heavy atom. The van der Waals surface area contributed by atoms with E-state index in [1.165, 1.54) is 10.4 Å². The molecule has 2 heterocycles. The molecule has 0 saturated carbocycles. The number of aromatic nitrogens is 2. The lowest BCUT2D eigenvalue weighted by Crippen LogP contribution is -1.91. The predicted molar refractivity (Wildman–Crippen MR) is 82.4 cm³/mol. The number of hydrogen-bond acceptors (Lipinski definition) is 3. The van der Waals surface area contributed by atoms with Crippen LogP contribution in [0.3, 0.4) is 0 Å². The van der Waals surface area contributed by atoms with Crippen LogP contribution in [0.2, 0.25) is 0 Å². The first-order valence-electron chi connectivity index (χ1n) is 6.44. The zero-order valence-electron chi connectivity index (χ0n) is 11.3. The molecule has 0 amide bonds. The van der Waals surface area contributed by atoms with Gasteiger partial charge in [-0.3, -0.25) is 4.98 Å². The molecule has 3 aromatic rings. The average molecular weight is 270 g/mol. The van der Waals surface area contributed by atoms with Crippen LogP contribution in [0.1, 0.15) is 18.9 Å². The summed E-state index contributed by atoms with van der Waals surface area (Å²) in [6, 6.07) is 12.1. The minimum atomic E-state index is 0.733. The fraction of sp³-hybridized carbons (Fsp3) is 0.250. The summed E-state index contributed by atoms with van der Waals surface area (Å²) >= 11 is 1.74. The summed E-state index contributed by atoms with van der Waals surface area (Å²) in [5.41, 5.74) is 1.06. The van der Waals surface area contributed by atoms with Gasteiger partial charge in [0, 0.05) is 29.6 Å². The summed E-state index contributed by atoms with van der Waals surface area (Å²) in [5, 5.41) is 4.48. The highest BCUT2D eigenvalue weighted by molar-refractivity contribution is 7.09. The first-order chi connectivity index (χ1) is 9.25. The topological polar surface area (TPSA) is 25.8 Å². The van der Waals surface area contributed by atoms with E-state index in [0.29, 0.717) is 0 Å². The summed E-state index contributed by atoms with van der Waals surface area (Å²) in [5.74, 6) is 0.733. The highest BCUT2D eigenvalue weighted by Gasteiger charge is 1.97. The summed E-state index contributed by atoms with van der Waals surface area (Å²) in [4.78, 5) is 8.36. The minimum Gasteiger partial charge on any atom is -0.256 e. The number of hydrogen-bond donors (Lipinski definition) is 0. The van der Waals surface area contributed by atoms with Crippen molar-refractivity contribution in [3.05, 3.63) is 59.2 Å². The molecule has 0 aliphatic heterocycles. The lowest BCUT2D eigenvalue weighted by atomic mass is 10.1. The molecule has 19 heavy (non-hydrogen) atoms. The van der Waals surface area contributed by atoms with Crippen molar-refractivity contribution in [2.45, 2.75) is 20.3 Å². The van der Waals surface area contributed by atoms with Crippen LogP contribution in [0.15, 0.2) is 54.2 Å². The second kappa shape index (κ2) is 7.00. The van der Waals surface area contributed by atoms with E-state index in [1.807, 2.05) is 42.0 Å². The van der Waals surface area contributed by atoms with Crippen molar-refractivity contribution in [1.29, 1.82) is 0 Å². The molecule has 0 aliphatic carbocycles. The Hall–Kier alpha value is -1.74. The molecule has 0 atom stereocenters. The summed E-state index contributed by atoms with van der Waals surface area (Å²) in [7, 11) is 0. The Bertz CT molecular complexity index is 537. The molecule has 0 saturated heterocycles. The quantitative estimate of drug-likeness (QED) is 0.681. The molecule has 3 rings (SSSR count). The number of nitrogens with zero attached hydrogens (tertiary/aromatic N) is 2. The first-order valence-corrected chi connectivity index (χ1v) is 7.32. The van der Waals surface area contributed by atoms with Crippen molar-refractivity contribution in [2.24, 2.45) is 5.92 Å². The number of benzene rings is 1. The van der Waals surface area contributed by atoms with Crippen molar-refractivity contribution < 1.29 is 0 Å². The molecule has 0 unspecified atom stereocenters. The average Bonchev–Trinajstić information content (AvgIpc) is 2.92. The van der Waals surface area contributed by atoms with E-state index in [1.54, 1.807) is 11.3 Å². The number of para-hydroxylation sites is 1. The molecule has 1 aromatic carbocycles. The summed E-state index contributed by atoms with van der Waals surface area (Å²) in [6.45, 7) is 4.42. The molecule has 2 aromatic heterocycles. The summed E-state index contributed by atoms with van der Waals surface area (Å²) in [6.07, 6.45) is 4.79. The molecule has 0 N–H and O–H groups in total. The van der Waals surface area contributed by atoms with Crippen molar-refractivity contribution in [3.8, 4) is 0 Å². The normalized spacial score (nSPS) is 10.3. The summed E-state index contributed by atoms with van der Waals surface area (Å²) < 4.78 is 0. The van der Waals surface area contributed by atoms with Gasteiger partial charge in [0.2, 0.25) is 0 Å². The Kier molecular flexibility index (Phi) is 5.04. The number of rotatable bonds is 2. The monoisotopic (exact) mass is 270 g/mol. The van der Waals surface area contributed by atoms with Crippen LogP contribution in [0.5, 0.6) is 0 Å². The van der Waals surface area contributed by atoms with Crippen molar-refractivity contribution in [3.63, 3.8) is 0 Å². The third-order valence-corrected chi connectivity index (χ3v) is 3.38. The van der Waals surface area contributed by atoms with Gasteiger partial charge in [-0.1, -0.05) is 38.1 Å². The van der Waals surface area contributed by atoms with Gasteiger partial charge in [0.1, 0.15) is 0 Å². The molecule has 0 bridgehead atoms. The third kappa shape index (κ3) is 4.45. The zero-order chi connectivity index (χ0) is 13.5. The van der Waals surface area contributed by atoms with Crippen LogP contribution in [0.4, 0.5) is 0 Å². The van der Waals surface area contributed by atoms with Gasteiger partial charge in [-0.05, 0) is 18.1 Å². The van der Waals surface area contributed by atoms with Gasteiger partial charge in [-0.25, -0.2) is 4.98 Å². The Morgan fingerprint density at radius 2 is 1.79 bits per heavy atom. The van der Waals surface area contributed by atoms with E-state index < -0.39 is 0 Å². The second-order valence-corrected chi connectivity index (χ2v) is 5.70. The van der Waals surface area contributed by atoms with Gasteiger partial charge in [-0.15, -0.1) is 11.3 Å². The largest absolute Gasteiger partial charge is 0.256 e. The molecule has 98 valence electrons. The SMILES string of the molecule is CC(C)Cc1nccs1.c1ccc2ncccc2c1. The van der Waals surface area contributed by atoms with Gasteiger partial charge >= 0.3 is 0 Å². The lowest BCUT2D eigenvalue weighted by molar-refractivity contribution is 0.644. The van der Waals surface area contributed by atoms with E-state index in [9.17, 15) is 0 Å². The molecule has 0 spiro atoms. The standard InChI is InChI=1S/C9H7N.C7H11NS/c1-2-6-9-8(4-1)5-3-7-10-9;1-6(2)5-7-8-3-4-9-7/h1-7H;3-4,6H,5H2,1-2H3. The number of fused-ring (bicyclic) bond motifs is 1. The smallest absolute Gasteiger partial charge is 0.0927 e. The van der Waals surface area contributed by atoms with Gasteiger partial charge in [0.25, 0.3) is 0 Å². The molecule has 0 radical (unpaired) electrons. The van der Waals surface area contributed by atoms with Gasteiger partial charge in [-0.2, -0.15) is 0 Å². The van der Waals surface area contributed by atoms with Crippen molar-refractivity contribution in [1.82, 2.24) is 9.97 Å². The molecule has 2 nitrogen and oxygen atoms in total. The molecule has 0 aliphatic rings. The van der Waals surface area contributed by atoms with Crippen LogP contribution in [0, 0.1) is 5.92 Å². The highest BCUT2D eigenvalue weighted by Crippen LogP contribution is 2.09. The van der Waals surface area contributed by atoms with E-state index in [4.69, 9.17) is 0 Å². The molecule has 3 heteroatoms. The lowest BCUT2D eigenvalue weighted by Gasteiger charge is -1.97. The van der Waals surface area contributed by atoms with Crippen molar-refractivity contribution in [2.75, 3.05) is 0 Å². The van der Waals surface area contributed by atoms with E-state index in [0.717, 1.165) is 17.9 Å². The van der Waals surface area contributed by atoms with Crippen LogP contribution in [-0.4, -0.2) is 9.97 Å². The fourth-order valence-electron chi connectivity index (χ4n) is 1.72. The van der Waals surface area contributed by atoms with E-state index in [-0.39, 0.29) is 0 Å². The maximum atomic E-state index is 4.18. The van der Waals surface area contributed by atoms with Crippen LogP contribution in [0.25, 0.3) is 10.9 Å². The Morgan fingerprint density at radius 1 is 1.00 bits per heavy atom. The van der Waals surface area contributed by atoms with Crippen LogP contribution >= 0.6 is 11.3 Å². The van der Waals surface area contributed by atoms with Gasteiger partial charge in [0.05, 0.1) is 10.5 Å². The van der Waals surface area contributed by atoms with Crippen LogP contribution < -0.4 is 0 Å². The highest BCUT2D eigenvalue weighted by atomic mass is 32.1. The molecular weight excluding hydrogens is 252 g/mol. The maximum Gasteiger partial charge on any atom is 0.0927 e. The Balaban J connectivity index is 0.000000141. The van der Waals surface area contributed by atoms with E-state index >= 15 is 0 Å². The van der Waals surface area contributed by atoms with Crippen molar-refractivity contribution >= 4 is 22.2 Å². The fourth-order valence-corrected chi connectivity index (χ4v) is 2.55. The van der Waals surface area contributed by atoms with Crippen LogP contribution in [-0.2, 0) is 6.42 Å². The second-order valence-electron chi connectivity index (χ2n) is 4.72. The van der Waals surface area contributed by atoms with Gasteiger partial charge < -0.3 is 0 Å². The Labute approximate surface area is 118 Å². The van der Waals surface area contributed by atoms with E-state index in [2.05, 4.69) is 35.9 Å². The molecule has 0 fully saturated rings. The predicted octanol–water partition coefficient (Wildman–Crippen LogP) is 4.58. The third-order valence-electron chi connectivity index (χ3n) is 2.58. The number of thiazole rings is 1. The molecular formula is C16H18N2S. The minimum absolute atomic E-state index is 0.733. The number of pyridine rings is 1. The first kappa shape index (κ1) is 13.7. The maximum absolute atomic E-state index is 4.18. The zero-order valence-corrected chi connectivity index (χ0v) is 12.1.